The van der Waals surface area contributed by atoms with Crippen molar-refractivity contribution in [2.75, 3.05) is 51.4 Å². The molecule has 32 heavy (non-hydrogen) atoms. The summed E-state index contributed by atoms with van der Waals surface area (Å²) in [6.45, 7) is 5.03. The Morgan fingerprint density at radius 3 is 2.53 bits per heavy atom. The van der Waals surface area contributed by atoms with Crippen LogP contribution >= 0.6 is 11.3 Å². The van der Waals surface area contributed by atoms with Gasteiger partial charge in [0.15, 0.2) is 5.13 Å². The molecular formula is C25H33N3O3S. The molecule has 0 spiro atoms. The fourth-order valence-electron chi connectivity index (χ4n) is 7.15. The molecule has 0 atom stereocenters. The average Bonchev–Trinajstić information content (AvgIpc) is 3.22. The van der Waals surface area contributed by atoms with E-state index in [4.69, 9.17) is 14.5 Å². The van der Waals surface area contributed by atoms with Crippen LogP contribution in [-0.2, 0) is 9.53 Å². The zero-order valence-corrected chi connectivity index (χ0v) is 19.7. The van der Waals surface area contributed by atoms with E-state index in [-0.39, 0.29) is 5.41 Å². The highest BCUT2D eigenvalue weighted by Gasteiger charge is 2.56. The van der Waals surface area contributed by atoms with Crippen molar-refractivity contribution in [3.8, 4) is 5.75 Å². The fourth-order valence-corrected chi connectivity index (χ4v) is 8.12. The number of nitrogens with zero attached hydrogens (tertiary/aromatic N) is 3. The molecule has 1 saturated heterocycles. The Balaban J connectivity index is 1.31. The van der Waals surface area contributed by atoms with E-state index in [0.717, 1.165) is 91.0 Å². The largest absolute Gasteiger partial charge is 0.497 e. The van der Waals surface area contributed by atoms with Gasteiger partial charge in [0.05, 0.1) is 36.0 Å². The molecular weight excluding hydrogens is 422 g/mol. The summed E-state index contributed by atoms with van der Waals surface area (Å²) in [7, 11) is 1.68. The summed E-state index contributed by atoms with van der Waals surface area (Å²) in [5.41, 5.74) is 0.758. The molecule has 0 radical (unpaired) electrons. The van der Waals surface area contributed by atoms with Crippen molar-refractivity contribution < 1.29 is 14.3 Å². The molecule has 5 aliphatic rings. The van der Waals surface area contributed by atoms with E-state index in [0.29, 0.717) is 12.5 Å². The first kappa shape index (κ1) is 20.9. The number of anilines is 1. The van der Waals surface area contributed by atoms with Crippen LogP contribution in [0.5, 0.6) is 5.75 Å². The summed E-state index contributed by atoms with van der Waals surface area (Å²) in [6, 6.07) is 6.01. The van der Waals surface area contributed by atoms with Gasteiger partial charge in [-0.2, -0.15) is 0 Å². The van der Waals surface area contributed by atoms with Gasteiger partial charge < -0.3 is 9.47 Å². The van der Waals surface area contributed by atoms with E-state index in [2.05, 4.69) is 15.9 Å². The SMILES string of the molecule is COc1ccc2sc(N(CCN3CCOCC3)C(=O)C34CC5CC(CC(C5)C3)C4)nc2c1. The minimum Gasteiger partial charge on any atom is -0.497 e. The van der Waals surface area contributed by atoms with Crippen LogP contribution in [0.15, 0.2) is 18.2 Å². The van der Waals surface area contributed by atoms with Crippen molar-refractivity contribution in [3.63, 3.8) is 0 Å². The minimum atomic E-state index is -0.157. The Kier molecular flexibility index (Phi) is 5.39. The van der Waals surface area contributed by atoms with Gasteiger partial charge in [-0.05, 0) is 68.4 Å². The van der Waals surface area contributed by atoms with Crippen LogP contribution in [0.1, 0.15) is 38.5 Å². The maximum Gasteiger partial charge on any atom is 0.235 e. The Hall–Kier alpha value is -1.70. The van der Waals surface area contributed by atoms with Gasteiger partial charge >= 0.3 is 0 Å². The molecule has 7 rings (SSSR count). The monoisotopic (exact) mass is 455 g/mol. The lowest BCUT2D eigenvalue weighted by molar-refractivity contribution is -0.143. The predicted molar refractivity (Wildman–Crippen MR) is 126 cm³/mol. The van der Waals surface area contributed by atoms with Gasteiger partial charge in [-0.3, -0.25) is 14.6 Å². The van der Waals surface area contributed by atoms with Crippen molar-refractivity contribution in [2.45, 2.75) is 38.5 Å². The lowest BCUT2D eigenvalue weighted by Gasteiger charge is -2.56. The van der Waals surface area contributed by atoms with Gasteiger partial charge in [0.2, 0.25) is 5.91 Å². The first-order valence-electron chi connectivity index (χ1n) is 12.2. The summed E-state index contributed by atoms with van der Waals surface area (Å²) >= 11 is 1.64. The Bertz CT molecular complexity index is 964. The van der Waals surface area contributed by atoms with Crippen LogP contribution in [0.2, 0.25) is 0 Å². The molecule has 4 bridgehead atoms. The van der Waals surface area contributed by atoms with E-state index in [1.807, 2.05) is 12.1 Å². The second-order valence-electron chi connectivity index (χ2n) is 10.4. The molecule has 6 nitrogen and oxygen atoms in total. The molecule has 2 heterocycles. The third kappa shape index (κ3) is 3.72. The Labute approximate surface area is 193 Å². The summed E-state index contributed by atoms with van der Waals surface area (Å²) in [5.74, 6) is 3.42. The van der Waals surface area contributed by atoms with Crippen LogP contribution in [-0.4, -0.2) is 62.3 Å². The summed E-state index contributed by atoms with van der Waals surface area (Å²) < 4.78 is 12.0. The van der Waals surface area contributed by atoms with E-state index in [9.17, 15) is 4.79 Å². The number of aromatic nitrogens is 1. The molecule has 172 valence electrons. The molecule has 4 saturated carbocycles. The standard InChI is InChI=1S/C25H33N3O3S/c1-30-20-2-3-22-21(13-20)26-24(32-22)28(5-4-27-6-8-31-9-7-27)23(29)25-14-17-10-18(15-25)12-19(11-17)16-25/h2-3,13,17-19H,4-12,14-16H2,1H3. The number of rotatable bonds is 6. The number of ether oxygens (including phenoxy) is 2. The van der Waals surface area contributed by atoms with Crippen LogP contribution in [0.3, 0.4) is 0 Å². The molecule has 4 aliphatic carbocycles. The number of thiazole rings is 1. The Morgan fingerprint density at radius 2 is 1.88 bits per heavy atom. The van der Waals surface area contributed by atoms with Gasteiger partial charge in [0.25, 0.3) is 0 Å². The van der Waals surface area contributed by atoms with Crippen molar-refractivity contribution in [1.29, 1.82) is 0 Å². The van der Waals surface area contributed by atoms with Crippen LogP contribution < -0.4 is 9.64 Å². The number of carbonyl (C=O) groups excluding carboxylic acids is 1. The maximum absolute atomic E-state index is 14.3. The number of methoxy groups -OCH3 is 1. The van der Waals surface area contributed by atoms with E-state index < -0.39 is 0 Å². The van der Waals surface area contributed by atoms with E-state index >= 15 is 0 Å². The van der Waals surface area contributed by atoms with E-state index in [1.54, 1.807) is 18.4 Å². The van der Waals surface area contributed by atoms with Gasteiger partial charge in [-0.1, -0.05) is 11.3 Å². The molecule has 5 fully saturated rings. The van der Waals surface area contributed by atoms with Crippen molar-refractivity contribution in [3.05, 3.63) is 18.2 Å². The highest BCUT2D eigenvalue weighted by molar-refractivity contribution is 7.22. The molecule has 1 aromatic carbocycles. The number of carbonyl (C=O) groups is 1. The smallest absolute Gasteiger partial charge is 0.235 e. The van der Waals surface area contributed by atoms with Crippen LogP contribution in [0.25, 0.3) is 10.2 Å². The number of amides is 1. The number of fused-ring (bicyclic) bond motifs is 1. The number of benzene rings is 1. The number of morpholine rings is 1. The van der Waals surface area contributed by atoms with Crippen molar-refractivity contribution >= 4 is 32.6 Å². The maximum atomic E-state index is 14.3. The molecule has 0 unspecified atom stereocenters. The molecule has 7 heteroatoms. The highest BCUT2D eigenvalue weighted by atomic mass is 32.1. The first-order valence-corrected chi connectivity index (χ1v) is 13.0. The molecule has 1 amide bonds. The predicted octanol–water partition coefficient (Wildman–Crippen LogP) is 4.19. The normalized spacial score (nSPS) is 31.8. The quantitative estimate of drug-likeness (QED) is 0.654. The summed E-state index contributed by atoms with van der Waals surface area (Å²) in [6.07, 6.45) is 7.31. The first-order chi connectivity index (χ1) is 15.6. The molecule has 0 N–H and O–H groups in total. The van der Waals surface area contributed by atoms with Gasteiger partial charge in [-0.15, -0.1) is 0 Å². The second-order valence-corrected chi connectivity index (χ2v) is 11.4. The second kappa shape index (κ2) is 8.26. The van der Waals surface area contributed by atoms with E-state index in [1.165, 1.54) is 19.3 Å². The third-order valence-corrected chi connectivity index (χ3v) is 9.35. The van der Waals surface area contributed by atoms with Crippen LogP contribution in [0, 0.1) is 23.2 Å². The van der Waals surface area contributed by atoms with Crippen molar-refractivity contribution in [2.24, 2.45) is 23.2 Å². The lowest BCUT2D eigenvalue weighted by atomic mass is 9.49. The summed E-state index contributed by atoms with van der Waals surface area (Å²) in [5, 5.41) is 0.849. The fraction of sp³-hybridized carbons (Fsp3) is 0.680. The van der Waals surface area contributed by atoms with Gasteiger partial charge in [0, 0.05) is 32.2 Å². The van der Waals surface area contributed by atoms with Gasteiger partial charge in [-0.25, -0.2) is 4.98 Å². The zero-order valence-electron chi connectivity index (χ0n) is 18.9. The Morgan fingerprint density at radius 1 is 1.19 bits per heavy atom. The number of hydrogen-bond donors (Lipinski definition) is 0. The van der Waals surface area contributed by atoms with Crippen LogP contribution in [0.4, 0.5) is 5.13 Å². The third-order valence-electron chi connectivity index (χ3n) is 8.29. The molecule has 1 aromatic heterocycles. The van der Waals surface area contributed by atoms with Crippen molar-refractivity contribution in [1.82, 2.24) is 9.88 Å². The average molecular weight is 456 g/mol. The topological polar surface area (TPSA) is 54.9 Å². The summed E-state index contributed by atoms with van der Waals surface area (Å²) in [4.78, 5) is 23.7. The molecule has 2 aromatic rings. The lowest BCUT2D eigenvalue weighted by Crippen LogP contribution is -2.56. The number of hydrogen-bond acceptors (Lipinski definition) is 6. The van der Waals surface area contributed by atoms with Gasteiger partial charge in [0.1, 0.15) is 5.75 Å². The highest BCUT2D eigenvalue weighted by Crippen LogP contribution is 2.60. The zero-order chi connectivity index (χ0) is 21.7. The minimum absolute atomic E-state index is 0.157. The molecule has 1 aliphatic heterocycles.